The molecule has 2 heterocycles. The predicted octanol–water partition coefficient (Wildman–Crippen LogP) is 2.76. The number of para-hydroxylation sites is 1. The van der Waals surface area contributed by atoms with Crippen LogP contribution in [0.2, 0.25) is 5.02 Å². The second kappa shape index (κ2) is 6.60. The highest BCUT2D eigenvalue weighted by Crippen LogP contribution is 2.28. The van der Waals surface area contributed by atoms with E-state index in [0.717, 1.165) is 6.42 Å². The number of rotatable bonds is 2. The highest BCUT2D eigenvalue weighted by atomic mass is 35.5. The number of likely N-dealkylation sites (tertiary alicyclic amines) is 1. The summed E-state index contributed by atoms with van der Waals surface area (Å²) in [6.45, 7) is 2.96. The van der Waals surface area contributed by atoms with E-state index in [-0.39, 0.29) is 11.9 Å². The van der Waals surface area contributed by atoms with E-state index in [1.54, 1.807) is 46.2 Å². The highest BCUT2D eigenvalue weighted by molar-refractivity contribution is 6.33. The number of nitrogens with one attached hydrogen (secondary N) is 1. The molecule has 1 fully saturated rings. The molecule has 2 amide bonds. The van der Waals surface area contributed by atoms with Crippen LogP contribution in [0.4, 0.5) is 10.5 Å². The van der Waals surface area contributed by atoms with E-state index < -0.39 is 6.10 Å². The maximum atomic E-state index is 12.5. The number of nitrogens with zero attached hydrogens (tertiary/aromatic N) is 3. The van der Waals surface area contributed by atoms with Gasteiger partial charge in [0.1, 0.15) is 5.69 Å². The van der Waals surface area contributed by atoms with Crippen LogP contribution in [0.15, 0.2) is 36.7 Å². The molecule has 122 valence electrons. The molecule has 3 rings (SSSR count). The highest BCUT2D eigenvalue weighted by Gasteiger charge is 2.27. The molecule has 7 heteroatoms. The molecule has 1 aliphatic rings. The Morgan fingerprint density at radius 2 is 2.26 bits per heavy atom. The molecule has 0 bridgehead atoms. The smallest absolute Gasteiger partial charge is 0.321 e. The number of amides is 2. The van der Waals surface area contributed by atoms with E-state index in [4.69, 9.17) is 11.6 Å². The molecule has 0 radical (unpaired) electrons. The number of carbonyl (C=O) groups is 1. The fraction of sp³-hybridized carbons (Fsp3) is 0.375. The van der Waals surface area contributed by atoms with Gasteiger partial charge in [-0.25, -0.2) is 9.48 Å². The number of urea groups is 1. The molecule has 2 N–H and O–H groups in total. The number of anilines is 1. The fourth-order valence-corrected chi connectivity index (χ4v) is 2.94. The molecule has 0 saturated carbocycles. The second-order valence-electron chi connectivity index (χ2n) is 5.80. The Bertz CT molecular complexity index is 689. The first-order valence-electron chi connectivity index (χ1n) is 7.59. The molecule has 23 heavy (non-hydrogen) atoms. The van der Waals surface area contributed by atoms with E-state index in [0.29, 0.717) is 29.5 Å². The summed E-state index contributed by atoms with van der Waals surface area (Å²) in [6.07, 6.45) is 3.72. The van der Waals surface area contributed by atoms with Crippen LogP contribution >= 0.6 is 11.6 Å². The Hall–Kier alpha value is -2.05. The number of benzene rings is 1. The van der Waals surface area contributed by atoms with Crippen LogP contribution < -0.4 is 5.32 Å². The van der Waals surface area contributed by atoms with Crippen LogP contribution in [0.25, 0.3) is 5.69 Å². The van der Waals surface area contributed by atoms with Gasteiger partial charge < -0.3 is 15.3 Å². The average Bonchev–Trinajstić information content (AvgIpc) is 3.04. The van der Waals surface area contributed by atoms with Gasteiger partial charge in [-0.3, -0.25) is 0 Å². The third kappa shape index (κ3) is 3.33. The third-order valence-corrected chi connectivity index (χ3v) is 4.47. The molecule has 1 saturated heterocycles. The van der Waals surface area contributed by atoms with Gasteiger partial charge in [-0.1, -0.05) is 24.6 Å². The SMILES string of the molecule is CC1CCN(C(=O)Nc2cccc(Cl)c2-n2cccn2)CC1O. The van der Waals surface area contributed by atoms with Crippen molar-refractivity contribution in [1.29, 1.82) is 0 Å². The molecule has 6 nitrogen and oxygen atoms in total. The van der Waals surface area contributed by atoms with Crippen LogP contribution in [0.3, 0.4) is 0 Å². The maximum Gasteiger partial charge on any atom is 0.321 e. The topological polar surface area (TPSA) is 70.4 Å². The number of hydrogen-bond donors (Lipinski definition) is 2. The molecule has 1 aromatic heterocycles. The number of aliphatic hydroxyl groups excluding tert-OH is 1. The molecule has 0 aliphatic carbocycles. The Morgan fingerprint density at radius 1 is 1.43 bits per heavy atom. The number of aliphatic hydroxyl groups is 1. The molecule has 0 spiro atoms. The zero-order valence-corrected chi connectivity index (χ0v) is 13.6. The van der Waals surface area contributed by atoms with E-state index in [2.05, 4.69) is 10.4 Å². The molecular weight excluding hydrogens is 316 g/mol. The van der Waals surface area contributed by atoms with Crippen LogP contribution in [0.1, 0.15) is 13.3 Å². The first-order chi connectivity index (χ1) is 11.1. The first kappa shape index (κ1) is 15.8. The number of hydrogen-bond acceptors (Lipinski definition) is 3. The van der Waals surface area contributed by atoms with Crippen molar-refractivity contribution < 1.29 is 9.90 Å². The summed E-state index contributed by atoms with van der Waals surface area (Å²) in [6, 6.07) is 6.85. The van der Waals surface area contributed by atoms with Crippen LogP contribution in [0.5, 0.6) is 0 Å². The van der Waals surface area contributed by atoms with Crippen molar-refractivity contribution in [3.8, 4) is 5.69 Å². The van der Waals surface area contributed by atoms with Gasteiger partial charge in [-0.15, -0.1) is 0 Å². The van der Waals surface area contributed by atoms with Crippen molar-refractivity contribution in [2.45, 2.75) is 19.4 Å². The minimum absolute atomic E-state index is 0.213. The van der Waals surface area contributed by atoms with Crippen molar-refractivity contribution in [3.63, 3.8) is 0 Å². The van der Waals surface area contributed by atoms with Crippen LogP contribution in [-0.4, -0.2) is 45.0 Å². The first-order valence-corrected chi connectivity index (χ1v) is 7.96. The van der Waals surface area contributed by atoms with Gasteiger partial charge >= 0.3 is 6.03 Å². The zero-order chi connectivity index (χ0) is 16.4. The quantitative estimate of drug-likeness (QED) is 0.887. The standard InChI is InChI=1S/C16H19ClN4O2/c1-11-6-9-20(10-14(11)22)16(23)19-13-5-2-4-12(17)15(13)21-8-3-7-18-21/h2-5,7-8,11,14,22H,6,9-10H2,1H3,(H,19,23). The summed E-state index contributed by atoms with van der Waals surface area (Å²) in [7, 11) is 0. The van der Waals surface area contributed by atoms with Gasteiger partial charge in [0, 0.05) is 25.5 Å². The Labute approximate surface area is 139 Å². The van der Waals surface area contributed by atoms with Crippen molar-refractivity contribution >= 4 is 23.3 Å². The fourth-order valence-electron chi connectivity index (χ4n) is 2.68. The Balaban J connectivity index is 1.81. The summed E-state index contributed by atoms with van der Waals surface area (Å²) in [4.78, 5) is 14.1. The van der Waals surface area contributed by atoms with E-state index in [9.17, 15) is 9.90 Å². The maximum absolute atomic E-state index is 12.5. The van der Waals surface area contributed by atoms with Gasteiger partial charge in [0.25, 0.3) is 0 Å². The van der Waals surface area contributed by atoms with Gasteiger partial charge in [-0.2, -0.15) is 5.10 Å². The summed E-state index contributed by atoms with van der Waals surface area (Å²) in [5, 5.41) is 17.5. The van der Waals surface area contributed by atoms with Crippen LogP contribution in [0, 0.1) is 5.92 Å². The summed E-state index contributed by atoms with van der Waals surface area (Å²) in [5.41, 5.74) is 1.21. The Morgan fingerprint density at radius 3 is 2.96 bits per heavy atom. The van der Waals surface area contributed by atoms with Crippen molar-refractivity contribution in [3.05, 3.63) is 41.7 Å². The Kier molecular flexibility index (Phi) is 4.54. The summed E-state index contributed by atoms with van der Waals surface area (Å²) < 4.78 is 1.62. The van der Waals surface area contributed by atoms with Crippen molar-refractivity contribution in [2.75, 3.05) is 18.4 Å². The summed E-state index contributed by atoms with van der Waals surface area (Å²) in [5.74, 6) is 0.213. The second-order valence-corrected chi connectivity index (χ2v) is 6.20. The monoisotopic (exact) mass is 334 g/mol. The van der Waals surface area contributed by atoms with E-state index in [1.165, 1.54) is 0 Å². The van der Waals surface area contributed by atoms with E-state index in [1.807, 2.05) is 6.92 Å². The number of halogens is 1. The van der Waals surface area contributed by atoms with E-state index >= 15 is 0 Å². The van der Waals surface area contributed by atoms with Gasteiger partial charge in [-0.05, 0) is 30.5 Å². The number of aromatic nitrogens is 2. The lowest BCUT2D eigenvalue weighted by Crippen LogP contribution is -2.47. The average molecular weight is 335 g/mol. The van der Waals surface area contributed by atoms with Gasteiger partial charge in [0.05, 0.1) is 16.8 Å². The predicted molar refractivity (Wildman–Crippen MR) is 89.0 cm³/mol. The minimum Gasteiger partial charge on any atom is -0.391 e. The molecule has 2 atom stereocenters. The van der Waals surface area contributed by atoms with Gasteiger partial charge in [0.15, 0.2) is 0 Å². The lowest BCUT2D eigenvalue weighted by molar-refractivity contribution is 0.0464. The molecular formula is C16H19ClN4O2. The number of piperidine rings is 1. The molecule has 2 aromatic rings. The number of β-amino-alcohol motifs (C(OH)–C–C–N with tert-alkyl or cyclic N) is 1. The normalized spacial score (nSPS) is 21.3. The lowest BCUT2D eigenvalue weighted by atomic mass is 9.96. The van der Waals surface area contributed by atoms with Crippen LogP contribution in [-0.2, 0) is 0 Å². The molecule has 2 unspecified atom stereocenters. The lowest BCUT2D eigenvalue weighted by Gasteiger charge is -2.34. The largest absolute Gasteiger partial charge is 0.391 e. The number of carbonyl (C=O) groups excluding carboxylic acids is 1. The van der Waals surface area contributed by atoms with Crippen molar-refractivity contribution in [2.24, 2.45) is 5.92 Å². The third-order valence-electron chi connectivity index (χ3n) is 4.17. The van der Waals surface area contributed by atoms with Gasteiger partial charge in [0.2, 0.25) is 0 Å². The minimum atomic E-state index is -0.487. The van der Waals surface area contributed by atoms with Crippen molar-refractivity contribution in [1.82, 2.24) is 14.7 Å². The molecule has 1 aromatic carbocycles. The summed E-state index contributed by atoms with van der Waals surface area (Å²) >= 11 is 6.27. The molecule has 1 aliphatic heterocycles. The zero-order valence-electron chi connectivity index (χ0n) is 12.8.